The van der Waals surface area contributed by atoms with Gasteiger partial charge in [0.15, 0.2) is 5.69 Å². The van der Waals surface area contributed by atoms with Gasteiger partial charge in [0.05, 0.1) is 22.3 Å². The molecular weight excluding hydrogens is 473 g/mol. The van der Waals surface area contributed by atoms with Gasteiger partial charge in [-0.2, -0.15) is 0 Å². The normalized spacial score (nSPS) is 11.1. The summed E-state index contributed by atoms with van der Waals surface area (Å²) in [7, 11) is -3.99. The maximum atomic E-state index is 13.3. The summed E-state index contributed by atoms with van der Waals surface area (Å²) in [6.07, 6.45) is 0. The number of benzene rings is 2. The minimum atomic E-state index is -3.99. The number of ether oxygens (including phenoxy) is 1. The number of amides is 1. The lowest BCUT2D eigenvalue weighted by molar-refractivity contribution is 0.102. The first-order chi connectivity index (χ1) is 15.3. The van der Waals surface area contributed by atoms with Gasteiger partial charge in [0.2, 0.25) is 5.88 Å². The van der Waals surface area contributed by atoms with Crippen LogP contribution in [-0.2, 0) is 10.0 Å². The third-order valence-corrected chi connectivity index (χ3v) is 7.11. The third-order valence-electron chi connectivity index (χ3n) is 4.42. The first-order valence-corrected chi connectivity index (χ1v) is 12.0. The van der Waals surface area contributed by atoms with Crippen molar-refractivity contribution in [2.45, 2.75) is 18.7 Å². The second kappa shape index (κ2) is 10.2. The SMILES string of the molecule is CCOc1ccc(Cl)c(C(=O)Nc2ccc(Cl)c(S(=O)(=O)N(CC)c3ccccc3)c2)n1. The van der Waals surface area contributed by atoms with Crippen LogP contribution in [0.1, 0.15) is 24.3 Å². The van der Waals surface area contributed by atoms with Crippen LogP contribution in [0.3, 0.4) is 0 Å². The molecule has 1 heterocycles. The van der Waals surface area contributed by atoms with Gasteiger partial charge in [-0.25, -0.2) is 13.4 Å². The topological polar surface area (TPSA) is 88.6 Å². The smallest absolute Gasteiger partial charge is 0.275 e. The van der Waals surface area contributed by atoms with Gasteiger partial charge < -0.3 is 10.1 Å². The summed E-state index contributed by atoms with van der Waals surface area (Å²) < 4.78 is 33.2. The fraction of sp³-hybridized carbons (Fsp3) is 0.182. The van der Waals surface area contributed by atoms with Crippen LogP contribution in [0.25, 0.3) is 0 Å². The number of carbonyl (C=O) groups is 1. The summed E-state index contributed by atoms with van der Waals surface area (Å²) in [6, 6.07) is 16.0. The highest BCUT2D eigenvalue weighted by atomic mass is 35.5. The van der Waals surface area contributed by atoms with E-state index < -0.39 is 15.9 Å². The molecule has 1 aromatic heterocycles. The van der Waals surface area contributed by atoms with Gasteiger partial charge in [0, 0.05) is 18.3 Å². The lowest BCUT2D eigenvalue weighted by atomic mass is 10.3. The number of rotatable bonds is 8. The van der Waals surface area contributed by atoms with E-state index >= 15 is 0 Å². The van der Waals surface area contributed by atoms with Gasteiger partial charge >= 0.3 is 0 Å². The molecule has 0 fully saturated rings. The molecular formula is C22H21Cl2N3O4S. The highest BCUT2D eigenvalue weighted by Gasteiger charge is 2.27. The molecule has 0 aliphatic rings. The zero-order valence-corrected chi connectivity index (χ0v) is 19.7. The van der Waals surface area contributed by atoms with E-state index in [-0.39, 0.29) is 38.7 Å². The second-order valence-electron chi connectivity index (χ2n) is 6.52. The third kappa shape index (κ3) is 5.15. The molecule has 3 rings (SSSR count). The Labute approximate surface area is 197 Å². The van der Waals surface area contributed by atoms with Gasteiger partial charge in [-0.15, -0.1) is 0 Å². The number of nitrogens with one attached hydrogen (secondary N) is 1. The number of nitrogens with zero attached hydrogens (tertiary/aromatic N) is 2. The molecule has 3 aromatic rings. The first-order valence-electron chi connectivity index (χ1n) is 9.76. The number of para-hydroxylation sites is 1. The Kier molecular flexibility index (Phi) is 7.60. The summed E-state index contributed by atoms with van der Waals surface area (Å²) in [5.41, 5.74) is 0.683. The van der Waals surface area contributed by atoms with Crippen molar-refractivity contribution in [3.63, 3.8) is 0 Å². The van der Waals surface area contributed by atoms with Crippen LogP contribution in [0.15, 0.2) is 65.6 Å². The van der Waals surface area contributed by atoms with Gasteiger partial charge in [-0.05, 0) is 50.2 Å². The maximum absolute atomic E-state index is 13.3. The van der Waals surface area contributed by atoms with Crippen LogP contribution >= 0.6 is 23.2 Å². The Bertz CT molecular complexity index is 1220. The Hall–Kier alpha value is -2.81. The molecule has 2 aromatic carbocycles. The van der Waals surface area contributed by atoms with Gasteiger partial charge in [-0.1, -0.05) is 41.4 Å². The van der Waals surface area contributed by atoms with Crippen molar-refractivity contribution in [2.75, 3.05) is 22.8 Å². The number of sulfonamides is 1. The van der Waals surface area contributed by atoms with Crippen LogP contribution in [0.5, 0.6) is 5.88 Å². The molecule has 0 saturated carbocycles. The maximum Gasteiger partial charge on any atom is 0.275 e. The Balaban J connectivity index is 1.94. The van der Waals surface area contributed by atoms with E-state index in [1.165, 1.54) is 28.6 Å². The van der Waals surface area contributed by atoms with Crippen molar-refractivity contribution in [1.82, 2.24) is 4.98 Å². The molecule has 32 heavy (non-hydrogen) atoms. The molecule has 0 aliphatic carbocycles. The number of hydrogen-bond acceptors (Lipinski definition) is 5. The molecule has 0 spiro atoms. The van der Waals surface area contributed by atoms with Crippen molar-refractivity contribution in [1.29, 1.82) is 0 Å². The first kappa shape index (κ1) is 23.8. The Morgan fingerprint density at radius 1 is 1.03 bits per heavy atom. The van der Waals surface area contributed by atoms with E-state index in [2.05, 4.69) is 10.3 Å². The lowest BCUT2D eigenvalue weighted by Gasteiger charge is -2.23. The predicted molar refractivity (Wildman–Crippen MR) is 126 cm³/mol. The van der Waals surface area contributed by atoms with Crippen LogP contribution in [0.2, 0.25) is 10.0 Å². The van der Waals surface area contributed by atoms with E-state index in [4.69, 9.17) is 27.9 Å². The molecule has 0 radical (unpaired) electrons. The van der Waals surface area contributed by atoms with E-state index in [1.807, 2.05) is 0 Å². The quantitative estimate of drug-likeness (QED) is 0.462. The predicted octanol–water partition coefficient (Wildman–Crippen LogP) is 5.25. The minimum absolute atomic E-state index is 0.0341. The van der Waals surface area contributed by atoms with Crippen LogP contribution in [0.4, 0.5) is 11.4 Å². The Morgan fingerprint density at radius 2 is 1.72 bits per heavy atom. The van der Waals surface area contributed by atoms with Crippen LogP contribution in [-0.4, -0.2) is 32.5 Å². The molecule has 1 N–H and O–H groups in total. The van der Waals surface area contributed by atoms with Gasteiger partial charge in [-0.3, -0.25) is 9.10 Å². The monoisotopic (exact) mass is 493 g/mol. The number of anilines is 2. The number of aromatic nitrogens is 1. The van der Waals surface area contributed by atoms with Crippen molar-refractivity contribution in [2.24, 2.45) is 0 Å². The van der Waals surface area contributed by atoms with E-state index in [1.54, 1.807) is 50.2 Å². The van der Waals surface area contributed by atoms with Gasteiger partial charge in [0.25, 0.3) is 15.9 Å². The van der Waals surface area contributed by atoms with Crippen LogP contribution < -0.4 is 14.4 Å². The molecule has 0 bridgehead atoms. The zero-order chi connectivity index (χ0) is 23.3. The van der Waals surface area contributed by atoms with Crippen molar-refractivity contribution < 1.29 is 17.9 Å². The molecule has 0 unspecified atom stereocenters. The lowest BCUT2D eigenvalue weighted by Crippen LogP contribution is -2.31. The zero-order valence-electron chi connectivity index (χ0n) is 17.4. The molecule has 7 nitrogen and oxygen atoms in total. The number of pyridine rings is 1. The number of hydrogen-bond donors (Lipinski definition) is 1. The fourth-order valence-electron chi connectivity index (χ4n) is 2.99. The molecule has 0 atom stereocenters. The molecule has 10 heteroatoms. The summed E-state index contributed by atoms with van der Waals surface area (Å²) in [5.74, 6) is -0.361. The minimum Gasteiger partial charge on any atom is -0.478 e. The van der Waals surface area contributed by atoms with E-state index in [9.17, 15) is 13.2 Å². The van der Waals surface area contributed by atoms with Gasteiger partial charge in [0.1, 0.15) is 4.90 Å². The molecule has 168 valence electrons. The average Bonchev–Trinajstić information content (AvgIpc) is 2.77. The molecule has 0 aliphatic heterocycles. The average molecular weight is 494 g/mol. The standard InChI is InChI=1S/C22H21Cl2N3O4S/c1-3-27(16-8-6-5-7-9-16)32(29,30)19-14-15(10-11-17(19)23)25-22(28)21-18(24)12-13-20(26-21)31-4-2/h5-14H,3-4H2,1-2H3,(H,25,28). The summed E-state index contributed by atoms with van der Waals surface area (Å²) >= 11 is 12.3. The van der Waals surface area contributed by atoms with E-state index in [0.717, 1.165) is 0 Å². The van der Waals surface area contributed by atoms with Crippen molar-refractivity contribution in [3.05, 3.63) is 76.4 Å². The Morgan fingerprint density at radius 3 is 2.38 bits per heavy atom. The second-order valence-corrected chi connectivity index (χ2v) is 9.16. The fourth-order valence-corrected chi connectivity index (χ4v) is 5.15. The summed E-state index contributed by atoms with van der Waals surface area (Å²) in [6.45, 7) is 4.09. The van der Waals surface area contributed by atoms with Crippen LogP contribution in [0, 0.1) is 0 Å². The number of halogens is 2. The highest BCUT2D eigenvalue weighted by molar-refractivity contribution is 7.93. The molecule has 0 saturated heterocycles. The van der Waals surface area contributed by atoms with Crippen molar-refractivity contribution in [3.8, 4) is 5.88 Å². The summed E-state index contributed by atoms with van der Waals surface area (Å²) in [4.78, 5) is 16.7. The summed E-state index contributed by atoms with van der Waals surface area (Å²) in [5, 5.41) is 2.79. The largest absolute Gasteiger partial charge is 0.478 e. The molecule has 1 amide bonds. The van der Waals surface area contributed by atoms with Crippen molar-refractivity contribution >= 4 is 50.5 Å². The highest BCUT2D eigenvalue weighted by Crippen LogP contribution is 2.31. The number of carbonyl (C=O) groups excluding carboxylic acids is 1. The van der Waals surface area contributed by atoms with E-state index in [0.29, 0.717) is 12.3 Å².